The Kier molecular flexibility index (Phi) is 4.17. The number of hydrogen-bond acceptors (Lipinski definition) is 3. The SMILES string of the molecule is O=C(NCC(=O)N1CCCC1)c1csc(Br)c1. The maximum absolute atomic E-state index is 11.7. The van der Waals surface area contributed by atoms with Crippen molar-refractivity contribution in [1.29, 1.82) is 0 Å². The number of nitrogens with one attached hydrogen (secondary N) is 1. The highest BCUT2D eigenvalue weighted by atomic mass is 79.9. The molecule has 0 bridgehead atoms. The fourth-order valence-electron chi connectivity index (χ4n) is 1.77. The fourth-order valence-corrected chi connectivity index (χ4v) is 2.90. The van der Waals surface area contributed by atoms with E-state index in [0.717, 1.165) is 29.7 Å². The molecule has 6 heteroatoms. The highest BCUT2D eigenvalue weighted by Crippen LogP contribution is 2.20. The molecule has 92 valence electrons. The summed E-state index contributed by atoms with van der Waals surface area (Å²) in [6.45, 7) is 1.73. The Morgan fingerprint density at radius 3 is 2.71 bits per heavy atom. The van der Waals surface area contributed by atoms with E-state index in [0.29, 0.717) is 5.56 Å². The minimum atomic E-state index is -0.195. The Hall–Kier alpha value is -0.880. The molecule has 2 amide bonds. The van der Waals surface area contributed by atoms with Gasteiger partial charge in [-0.3, -0.25) is 9.59 Å². The molecule has 1 aliphatic rings. The van der Waals surface area contributed by atoms with Crippen LogP contribution >= 0.6 is 27.3 Å². The van der Waals surface area contributed by atoms with Gasteiger partial charge in [0.05, 0.1) is 15.9 Å². The first kappa shape index (κ1) is 12.6. The minimum absolute atomic E-state index is 0.00476. The van der Waals surface area contributed by atoms with Crippen molar-refractivity contribution in [1.82, 2.24) is 10.2 Å². The van der Waals surface area contributed by atoms with Crippen LogP contribution in [-0.2, 0) is 4.79 Å². The second kappa shape index (κ2) is 5.64. The highest BCUT2D eigenvalue weighted by Gasteiger charge is 2.18. The number of carbonyl (C=O) groups excluding carboxylic acids is 2. The van der Waals surface area contributed by atoms with Gasteiger partial charge in [0, 0.05) is 18.5 Å². The number of likely N-dealkylation sites (tertiary alicyclic amines) is 1. The fraction of sp³-hybridized carbons (Fsp3) is 0.455. The van der Waals surface area contributed by atoms with Gasteiger partial charge in [-0.05, 0) is 34.8 Å². The molecule has 1 fully saturated rings. The summed E-state index contributed by atoms with van der Waals surface area (Å²) in [5.74, 6) is -0.190. The number of amides is 2. The van der Waals surface area contributed by atoms with E-state index in [1.54, 1.807) is 16.3 Å². The molecule has 2 rings (SSSR count). The molecule has 2 heterocycles. The molecular formula is C11H13BrN2O2S. The van der Waals surface area contributed by atoms with Gasteiger partial charge in [0.25, 0.3) is 5.91 Å². The maximum atomic E-state index is 11.7. The second-order valence-corrected chi connectivity index (χ2v) is 6.20. The third-order valence-electron chi connectivity index (χ3n) is 2.69. The summed E-state index contributed by atoms with van der Waals surface area (Å²) >= 11 is 4.75. The topological polar surface area (TPSA) is 49.4 Å². The van der Waals surface area contributed by atoms with Crippen molar-refractivity contribution in [3.05, 3.63) is 20.8 Å². The summed E-state index contributed by atoms with van der Waals surface area (Å²) in [6.07, 6.45) is 2.13. The van der Waals surface area contributed by atoms with Gasteiger partial charge in [-0.15, -0.1) is 11.3 Å². The monoisotopic (exact) mass is 316 g/mol. The number of thiophene rings is 1. The van der Waals surface area contributed by atoms with E-state index in [1.165, 1.54) is 11.3 Å². The van der Waals surface area contributed by atoms with Gasteiger partial charge in [-0.2, -0.15) is 0 Å². The predicted molar refractivity (Wildman–Crippen MR) is 70.2 cm³/mol. The Morgan fingerprint density at radius 2 is 2.12 bits per heavy atom. The van der Waals surface area contributed by atoms with E-state index >= 15 is 0 Å². The van der Waals surface area contributed by atoms with Crippen LogP contribution in [0.2, 0.25) is 0 Å². The van der Waals surface area contributed by atoms with Crippen molar-refractivity contribution in [3.63, 3.8) is 0 Å². The number of rotatable bonds is 3. The average molecular weight is 317 g/mol. The van der Waals surface area contributed by atoms with E-state index < -0.39 is 0 Å². The molecule has 4 nitrogen and oxygen atoms in total. The summed E-state index contributed by atoms with van der Waals surface area (Å²) in [5.41, 5.74) is 0.594. The molecule has 17 heavy (non-hydrogen) atoms. The van der Waals surface area contributed by atoms with E-state index in [9.17, 15) is 9.59 Å². The van der Waals surface area contributed by atoms with Gasteiger partial charge in [0.2, 0.25) is 5.91 Å². The standard InChI is InChI=1S/C11H13BrN2O2S/c12-9-5-8(7-17-9)11(16)13-6-10(15)14-3-1-2-4-14/h5,7H,1-4,6H2,(H,13,16). The van der Waals surface area contributed by atoms with Crippen LogP contribution in [0.4, 0.5) is 0 Å². The summed E-state index contributed by atoms with van der Waals surface area (Å²) in [6, 6.07) is 1.75. The zero-order chi connectivity index (χ0) is 12.3. The molecule has 0 atom stereocenters. The molecule has 1 aliphatic heterocycles. The van der Waals surface area contributed by atoms with Crippen LogP contribution in [0, 0.1) is 0 Å². The maximum Gasteiger partial charge on any atom is 0.252 e. The van der Waals surface area contributed by atoms with E-state index in [2.05, 4.69) is 21.2 Å². The second-order valence-electron chi connectivity index (χ2n) is 3.91. The lowest BCUT2D eigenvalue weighted by molar-refractivity contribution is -0.129. The van der Waals surface area contributed by atoms with Gasteiger partial charge >= 0.3 is 0 Å². The Balaban J connectivity index is 1.81. The van der Waals surface area contributed by atoms with Crippen molar-refractivity contribution in [2.45, 2.75) is 12.8 Å². The van der Waals surface area contributed by atoms with Crippen molar-refractivity contribution in [3.8, 4) is 0 Å². The predicted octanol–water partition coefficient (Wildman–Crippen LogP) is 1.86. The van der Waals surface area contributed by atoms with Crippen LogP contribution in [0.15, 0.2) is 15.2 Å². The average Bonchev–Trinajstić information content (AvgIpc) is 2.95. The van der Waals surface area contributed by atoms with Crippen molar-refractivity contribution >= 4 is 39.1 Å². The van der Waals surface area contributed by atoms with E-state index in [-0.39, 0.29) is 18.4 Å². The quantitative estimate of drug-likeness (QED) is 0.925. The van der Waals surface area contributed by atoms with Crippen LogP contribution < -0.4 is 5.32 Å². The van der Waals surface area contributed by atoms with Crippen LogP contribution in [-0.4, -0.2) is 36.3 Å². The van der Waals surface area contributed by atoms with E-state index in [4.69, 9.17) is 0 Å². The van der Waals surface area contributed by atoms with Gasteiger partial charge < -0.3 is 10.2 Å². The first-order valence-electron chi connectivity index (χ1n) is 5.47. The molecule has 1 aromatic rings. The zero-order valence-electron chi connectivity index (χ0n) is 9.24. The highest BCUT2D eigenvalue weighted by molar-refractivity contribution is 9.11. The summed E-state index contributed by atoms with van der Waals surface area (Å²) in [7, 11) is 0. The first-order valence-corrected chi connectivity index (χ1v) is 7.14. The lowest BCUT2D eigenvalue weighted by Gasteiger charge is -2.15. The molecule has 0 aliphatic carbocycles. The molecule has 1 aromatic heterocycles. The number of nitrogens with zero attached hydrogens (tertiary/aromatic N) is 1. The molecule has 0 radical (unpaired) electrons. The van der Waals surface area contributed by atoms with Crippen molar-refractivity contribution in [2.24, 2.45) is 0 Å². The Bertz CT molecular complexity index is 427. The molecular weight excluding hydrogens is 304 g/mol. The Morgan fingerprint density at radius 1 is 1.41 bits per heavy atom. The van der Waals surface area contributed by atoms with Crippen LogP contribution in [0.3, 0.4) is 0 Å². The first-order chi connectivity index (χ1) is 8.16. The molecule has 0 spiro atoms. The van der Waals surface area contributed by atoms with Crippen LogP contribution in [0.25, 0.3) is 0 Å². The van der Waals surface area contributed by atoms with Crippen molar-refractivity contribution < 1.29 is 9.59 Å². The summed E-state index contributed by atoms with van der Waals surface area (Å²) < 4.78 is 0.911. The lowest BCUT2D eigenvalue weighted by atomic mass is 10.3. The van der Waals surface area contributed by atoms with E-state index in [1.807, 2.05) is 0 Å². The normalized spacial score (nSPS) is 15.0. The third kappa shape index (κ3) is 3.29. The summed E-state index contributed by atoms with van der Waals surface area (Å²) in [5, 5.41) is 4.41. The molecule has 0 aromatic carbocycles. The third-order valence-corrected chi connectivity index (χ3v) is 4.19. The van der Waals surface area contributed by atoms with Gasteiger partial charge in [-0.1, -0.05) is 0 Å². The zero-order valence-corrected chi connectivity index (χ0v) is 11.6. The number of halogens is 1. The largest absolute Gasteiger partial charge is 0.343 e. The minimum Gasteiger partial charge on any atom is -0.343 e. The molecule has 1 saturated heterocycles. The Labute approximate surface area is 112 Å². The lowest BCUT2D eigenvalue weighted by Crippen LogP contribution is -2.38. The van der Waals surface area contributed by atoms with Gasteiger partial charge in [0.15, 0.2) is 0 Å². The van der Waals surface area contributed by atoms with Crippen LogP contribution in [0.5, 0.6) is 0 Å². The number of hydrogen-bond donors (Lipinski definition) is 1. The smallest absolute Gasteiger partial charge is 0.252 e. The van der Waals surface area contributed by atoms with Gasteiger partial charge in [0.1, 0.15) is 0 Å². The van der Waals surface area contributed by atoms with Gasteiger partial charge in [-0.25, -0.2) is 0 Å². The van der Waals surface area contributed by atoms with Crippen LogP contribution in [0.1, 0.15) is 23.2 Å². The molecule has 0 saturated carbocycles. The number of carbonyl (C=O) groups is 2. The molecule has 0 unspecified atom stereocenters. The molecule has 1 N–H and O–H groups in total. The summed E-state index contributed by atoms with van der Waals surface area (Å²) in [4.78, 5) is 25.2. The van der Waals surface area contributed by atoms with Crippen molar-refractivity contribution in [2.75, 3.05) is 19.6 Å².